The number of hydrogen-bond donors (Lipinski definition) is 0. The van der Waals surface area contributed by atoms with Crippen LogP contribution in [0, 0.1) is 0 Å². The van der Waals surface area contributed by atoms with Gasteiger partial charge in [0.1, 0.15) is 6.10 Å². The number of benzene rings is 2. The molecule has 2 aromatic carbocycles. The van der Waals surface area contributed by atoms with Crippen LogP contribution in [-0.4, -0.2) is 74.5 Å². The Hall–Kier alpha value is -1.38. The van der Waals surface area contributed by atoms with Crippen molar-refractivity contribution in [1.82, 2.24) is 0 Å². The third kappa shape index (κ3) is 12.3. The van der Waals surface area contributed by atoms with E-state index < -0.39 is 32.9 Å². The highest BCUT2D eigenvalue weighted by atomic mass is 32.2. The second kappa shape index (κ2) is 19.9. The highest BCUT2D eigenvalue weighted by Gasteiger charge is 2.53. The van der Waals surface area contributed by atoms with Gasteiger partial charge in [-0.3, -0.25) is 4.18 Å². The van der Waals surface area contributed by atoms with Crippen molar-refractivity contribution >= 4 is 37.1 Å². The maximum atomic E-state index is 12.4. The first-order valence-corrected chi connectivity index (χ1v) is 27.6. The summed E-state index contributed by atoms with van der Waals surface area (Å²) in [7, 11) is -8.64. The van der Waals surface area contributed by atoms with Crippen LogP contribution in [-0.2, 0) is 32.6 Å². The lowest BCUT2D eigenvalue weighted by atomic mass is 10.0. The van der Waals surface area contributed by atoms with Gasteiger partial charge >= 0.3 is 0 Å². The molecule has 2 heterocycles. The summed E-state index contributed by atoms with van der Waals surface area (Å²) in [4.78, 5) is 0. The van der Waals surface area contributed by atoms with Crippen LogP contribution in [0.4, 0.5) is 0 Å². The zero-order valence-corrected chi connectivity index (χ0v) is 38.2. The molecule has 2 aromatic rings. The zero-order chi connectivity index (χ0) is 39.6. The first kappa shape index (κ1) is 45.3. The molecule has 0 saturated carbocycles. The molecular weight excluding hydrogens is 729 g/mol. The summed E-state index contributed by atoms with van der Waals surface area (Å²) in [5, 5.41) is 2.44. The van der Waals surface area contributed by atoms with E-state index in [-0.39, 0.29) is 47.2 Å². The number of hydrogen-bond acceptors (Lipinski definition) is 7. The van der Waals surface area contributed by atoms with Crippen molar-refractivity contribution in [2.75, 3.05) is 12.9 Å². The average molecular weight is 803 g/mol. The second-order valence-electron chi connectivity index (χ2n) is 18.6. The van der Waals surface area contributed by atoms with Crippen molar-refractivity contribution in [3.05, 3.63) is 60.7 Å². The summed E-state index contributed by atoms with van der Waals surface area (Å²) < 4.78 is 58.4. The maximum Gasteiger partial charge on any atom is 0.264 e. The van der Waals surface area contributed by atoms with E-state index in [0.29, 0.717) is 6.42 Å². The highest BCUT2D eigenvalue weighted by Crippen LogP contribution is 2.42. The quantitative estimate of drug-likeness (QED) is 0.0707. The Kier molecular flexibility index (Phi) is 16.7. The highest BCUT2D eigenvalue weighted by molar-refractivity contribution is 7.86. The van der Waals surface area contributed by atoms with Crippen LogP contribution in [0.2, 0.25) is 23.2 Å². The molecule has 0 aromatic heterocycles. The van der Waals surface area contributed by atoms with Gasteiger partial charge in [0.05, 0.1) is 43.4 Å². The first-order valence-electron chi connectivity index (χ1n) is 21.0. The Morgan fingerprint density at radius 3 is 1.59 bits per heavy atom. The van der Waals surface area contributed by atoms with E-state index in [4.69, 9.17) is 22.5 Å². The van der Waals surface area contributed by atoms with Gasteiger partial charge in [0.15, 0.2) is 8.32 Å². The summed E-state index contributed by atoms with van der Waals surface area (Å²) in [5.74, 6) is 0. The van der Waals surface area contributed by atoms with E-state index in [1.807, 2.05) is 0 Å². The molecular formula is C44H74O7SSi2. The topological polar surface area (TPSA) is 80.3 Å². The molecule has 2 saturated heterocycles. The van der Waals surface area contributed by atoms with Crippen molar-refractivity contribution in [2.24, 2.45) is 0 Å². The summed E-state index contributed by atoms with van der Waals surface area (Å²) in [5.41, 5.74) is 0. The van der Waals surface area contributed by atoms with Gasteiger partial charge in [0.2, 0.25) is 0 Å². The fourth-order valence-electron chi connectivity index (χ4n) is 8.12. The molecule has 4 rings (SSSR count). The third-order valence-corrected chi connectivity index (χ3v) is 22.4. The van der Waals surface area contributed by atoms with Crippen LogP contribution < -0.4 is 10.4 Å². The van der Waals surface area contributed by atoms with Crippen molar-refractivity contribution in [2.45, 2.75) is 192 Å². The summed E-state index contributed by atoms with van der Waals surface area (Å²) in [6, 6.07) is 21.9. The van der Waals surface area contributed by atoms with Crippen LogP contribution in [0.25, 0.3) is 0 Å². The third-order valence-electron chi connectivity index (χ3n) is 12.2. The largest absolute Gasteiger partial charge is 0.414 e. The van der Waals surface area contributed by atoms with E-state index in [1.54, 1.807) is 0 Å². The molecule has 6 atom stereocenters. The number of rotatable bonds is 21. The van der Waals surface area contributed by atoms with E-state index in [9.17, 15) is 8.42 Å². The van der Waals surface area contributed by atoms with Gasteiger partial charge in [-0.05, 0) is 65.6 Å². The van der Waals surface area contributed by atoms with Crippen LogP contribution >= 0.6 is 0 Å². The smallest absolute Gasteiger partial charge is 0.264 e. The van der Waals surface area contributed by atoms with Gasteiger partial charge in [-0.2, -0.15) is 8.42 Å². The maximum absolute atomic E-state index is 12.4. The molecule has 0 N–H and O–H groups in total. The minimum atomic E-state index is -3.70. The van der Waals surface area contributed by atoms with Crippen LogP contribution in [0.1, 0.15) is 132 Å². The second-order valence-corrected chi connectivity index (χ2v) is 29.2. The molecule has 0 bridgehead atoms. The van der Waals surface area contributed by atoms with Gasteiger partial charge in [0.25, 0.3) is 18.4 Å². The average Bonchev–Trinajstić information content (AvgIpc) is 3.79. The van der Waals surface area contributed by atoms with Crippen LogP contribution in [0.3, 0.4) is 0 Å². The van der Waals surface area contributed by atoms with E-state index in [1.165, 1.54) is 55.3 Å². The molecule has 2 aliphatic heterocycles. The molecule has 2 fully saturated rings. The molecule has 0 spiro atoms. The van der Waals surface area contributed by atoms with Crippen molar-refractivity contribution in [3.63, 3.8) is 0 Å². The monoisotopic (exact) mass is 802 g/mol. The van der Waals surface area contributed by atoms with Gasteiger partial charge in [-0.1, -0.05) is 160 Å². The lowest BCUT2D eigenvalue weighted by Crippen LogP contribution is -2.68. The predicted molar refractivity (Wildman–Crippen MR) is 228 cm³/mol. The normalized spacial score (nSPS) is 22.8. The fraction of sp³-hybridized carbons (Fsp3) is 0.727. The van der Waals surface area contributed by atoms with E-state index in [2.05, 4.69) is 122 Å². The SMILES string of the molecule is CCCCCCCCCC[C@@H](O[Si](c1ccccc1)(c1ccccc1)C(C)(C)C)[C@H]1CC[C@@H]([C@H]2CC[C@H]([C@H](CO[Si](C)(C)C(C)(C)C)OS(C)(=O)=O)O2)O1. The molecule has 0 amide bonds. The van der Waals surface area contributed by atoms with Crippen LogP contribution in [0.15, 0.2) is 60.7 Å². The number of ether oxygens (including phenoxy) is 2. The Balaban J connectivity index is 1.54. The molecule has 10 heteroatoms. The zero-order valence-electron chi connectivity index (χ0n) is 35.4. The molecule has 0 unspecified atom stereocenters. The Morgan fingerprint density at radius 2 is 1.15 bits per heavy atom. The number of unbranched alkanes of at least 4 members (excludes halogenated alkanes) is 7. The molecule has 306 valence electrons. The lowest BCUT2D eigenvalue weighted by Gasteiger charge is -2.46. The minimum Gasteiger partial charge on any atom is -0.414 e. The Bertz CT molecular complexity index is 1450. The van der Waals surface area contributed by atoms with E-state index in [0.717, 1.165) is 38.4 Å². The minimum absolute atomic E-state index is 0.00386. The van der Waals surface area contributed by atoms with Crippen LogP contribution in [0.5, 0.6) is 0 Å². The summed E-state index contributed by atoms with van der Waals surface area (Å²) >= 11 is 0. The lowest BCUT2D eigenvalue weighted by molar-refractivity contribution is -0.107. The Morgan fingerprint density at radius 1 is 0.685 bits per heavy atom. The van der Waals surface area contributed by atoms with Crippen molar-refractivity contribution < 1.29 is 30.9 Å². The molecule has 0 radical (unpaired) electrons. The van der Waals surface area contributed by atoms with Crippen molar-refractivity contribution in [3.8, 4) is 0 Å². The fourth-order valence-corrected chi connectivity index (χ4v) is 14.5. The molecule has 2 aliphatic rings. The van der Waals surface area contributed by atoms with Gasteiger partial charge < -0.3 is 18.3 Å². The standard InChI is InChI=1S/C44H74O7SSi2/c1-11-12-13-14-15-16-17-24-29-41(51-54(44(5,6)7,35-25-20-18-21-26-35)36-27-22-19-23-28-36)39-32-30-37(48-39)38-31-33-40(49-38)42(50-52(8,45)46)34-47-53(9,10)43(2,3)4/h18-23,25-28,37-42H,11-17,24,29-34H2,1-10H3/t37-,38+,39+,40+,41+,42-/m0/s1. The molecule has 0 aliphatic carbocycles. The Labute approximate surface area is 332 Å². The van der Waals surface area contributed by atoms with Gasteiger partial charge in [0, 0.05) is 0 Å². The van der Waals surface area contributed by atoms with Gasteiger partial charge in [-0.15, -0.1) is 0 Å². The molecule has 7 nitrogen and oxygen atoms in total. The van der Waals surface area contributed by atoms with E-state index >= 15 is 0 Å². The summed E-state index contributed by atoms with van der Waals surface area (Å²) in [6.07, 6.45) is 14.1. The van der Waals surface area contributed by atoms with Crippen molar-refractivity contribution in [1.29, 1.82) is 0 Å². The van der Waals surface area contributed by atoms with Gasteiger partial charge in [-0.25, -0.2) is 0 Å². The first-order chi connectivity index (χ1) is 25.4. The predicted octanol–water partition coefficient (Wildman–Crippen LogP) is 9.92. The summed E-state index contributed by atoms with van der Waals surface area (Å²) in [6.45, 7) is 20.4. The molecule has 54 heavy (non-hydrogen) atoms.